The van der Waals surface area contributed by atoms with Gasteiger partial charge in [-0.1, -0.05) is 6.92 Å². The van der Waals surface area contributed by atoms with E-state index in [0.29, 0.717) is 17.5 Å². The molecule has 22 heavy (non-hydrogen) atoms. The summed E-state index contributed by atoms with van der Waals surface area (Å²) in [6, 6.07) is 3.60. The smallest absolute Gasteiger partial charge is 0.291 e. The molecule has 3 rings (SSSR count). The van der Waals surface area contributed by atoms with Crippen molar-refractivity contribution < 1.29 is 9.21 Å². The Hall–Kier alpha value is -2.57. The molecule has 3 aromatic rings. The van der Waals surface area contributed by atoms with Crippen molar-refractivity contribution in [2.75, 3.05) is 14.1 Å². The molecule has 0 saturated heterocycles. The van der Waals surface area contributed by atoms with Crippen molar-refractivity contribution in [1.29, 1.82) is 0 Å². The van der Waals surface area contributed by atoms with Gasteiger partial charge in [-0.05, 0) is 6.92 Å². The molecule has 0 bridgehead atoms. The molecule has 0 aromatic carbocycles. The number of hydrogen-bond acceptors (Lipinski definition) is 4. The Labute approximate surface area is 126 Å². The van der Waals surface area contributed by atoms with Gasteiger partial charge < -0.3 is 9.32 Å². The molecule has 0 spiro atoms. The SMILES string of the molecule is CCc1nn(CC(=O)N(C)C)c(=O)c2cc3oc(C)cc3n12. The van der Waals surface area contributed by atoms with Crippen LogP contribution in [0.1, 0.15) is 18.5 Å². The Balaban J connectivity index is 2.27. The number of furan rings is 1. The van der Waals surface area contributed by atoms with E-state index in [1.165, 1.54) is 9.58 Å². The van der Waals surface area contributed by atoms with Crippen molar-refractivity contribution in [3.8, 4) is 0 Å². The number of rotatable bonds is 3. The second-order valence-corrected chi connectivity index (χ2v) is 5.49. The summed E-state index contributed by atoms with van der Waals surface area (Å²) in [6.07, 6.45) is 0.640. The van der Waals surface area contributed by atoms with Crippen LogP contribution in [0.15, 0.2) is 21.3 Å². The van der Waals surface area contributed by atoms with Crippen LogP contribution in [0.2, 0.25) is 0 Å². The topological polar surface area (TPSA) is 72.8 Å². The number of amides is 1. The normalized spacial score (nSPS) is 11.5. The van der Waals surface area contributed by atoms with E-state index in [2.05, 4.69) is 5.10 Å². The van der Waals surface area contributed by atoms with Crippen LogP contribution in [-0.2, 0) is 17.8 Å². The third-order valence-corrected chi connectivity index (χ3v) is 3.66. The average molecular weight is 302 g/mol. The Morgan fingerprint density at radius 1 is 1.32 bits per heavy atom. The highest BCUT2D eigenvalue weighted by atomic mass is 16.3. The third-order valence-electron chi connectivity index (χ3n) is 3.66. The lowest BCUT2D eigenvalue weighted by Gasteiger charge is -2.12. The van der Waals surface area contributed by atoms with Crippen molar-refractivity contribution in [2.24, 2.45) is 0 Å². The average Bonchev–Trinajstić information content (AvgIpc) is 2.98. The Morgan fingerprint density at radius 2 is 2.05 bits per heavy atom. The maximum atomic E-state index is 12.6. The molecule has 0 radical (unpaired) electrons. The van der Waals surface area contributed by atoms with Gasteiger partial charge in [0.05, 0.1) is 5.52 Å². The molecule has 7 nitrogen and oxygen atoms in total. The van der Waals surface area contributed by atoms with Crippen LogP contribution < -0.4 is 5.56 Å². The van der Waals surface area contributed by atoms with Gasteiger partial charge in [0, 0.05) is 32.6 Å². The highest BCUT2D eigenvalue weighted by Crippen LogP contribution is 2.23. The molecular weight excluding hydrogens is 284 g/mol. The van der Waals surface area contributed by atoms with Crippen molar-refractivity contribution in [3.05, 3.63) is 34.1 Å². The molecule has 0 saturated carbocycles. The zero-order valence-electron chi connectivity index (χ0n) is 13.1. The lowest BCUT2D eigenvalue weighted by Crippen LogP contribution is -2.34. The van der Waals surface area contributed by atoms with Crippen molar-refractivity contribution >= 4 is 22.5 Å². The summed E-state index contributed by atoms with van der Waals surface area (Å²) in [6.45, 7) is 3.76. The number of carbonyl (C=O) groups excluding carboxylic acids is 1. The summed E-state index contributed by atoms with van der Waals surface area (Å²) in [5.74, 6) is 1.33. The minimum Gasteiger partial charge on any atom is -0.460 e. The standard InChI is InChI=1S/C15H18N4O3/c1-5-13-16-18(8-14(20)17(3)4)15(21)11-7-12-10(19(11)13)6-9(2)22-12/h6-7H,5,8H2,1-4H3. The fourth-order valence-electron chi connectivity index (χ4n) is 2.52. The largest absolute Gasteiger partial charge is 0.460 e. The van der Waals surface area contributed by atoms with E-state index in [-0.39, 0.29) is 18.0 Å². The van der Waals surface area contributed by atoms with Crippen LogP contribution >= 0.6 is 0 Å². The number of hydrogen-bond donors (Lipinski definition) is 0. The molecule has 3 heterocycles. The van der Waals surface area contributed by atoms with Gasteiger partial charge in [0.1, 0.15) is 23.6 Å². The zero-order valence-corrected chi connectivity index (χ0v) is 13.1. The van der Waals surface area contributed by atoms with Gasteiger partial charge in [-0.15, -0.1) is 0 Å². The second kappa shape index (κ2) is 5.01. The molecule has 0 aliphatic carbocycles. The first-order valence-electron chi connectivity index (χ1n) is 7.14. The number of nitrogens with zero attached hydrogens (tertiary/aromatic N) is 4. The summed E-state index contributed by atoms with van der Waals surface area (Å²) in [4.78, 5) is 25.9. The first-order chi connectivity index (χ1) is 10.4. The van der Waals surface area contributed by atoms with Gasteiger partial charge in [-0.2, -0.15) is 5.10 Å². The molecule has 0 aliphatic rings. The highest BCUT2D eigenvalue weighted by molar-refractivity contribution is 5.83. The summed E-state index contributed by atoms with van der Waals surface area (Å²) < 4.78 is 8.63. The monoisotopic (exact) mass is 302 g/mol. The van der Waals surface area contributed by atoms with E-state index in [1.54, 1.807) is 20.2 Å². The van der Waals surface area contributed by atoms with Crippen LogP contribution in [0.25, 0.3) is 16.6 Å². The Morgan fingerprint density at radius 3 is 2.68 bits per heavy atom. The Bertz CT molecular complexity index is 930. The van der Waals surface area contributed by atoms with Gasteiger partial charge in [0.2, 0.25) is 5.91 Å². The predicted octanol–water partition coefficient (Wildman–Crippen LogP) is 1.20. The molecule has 0 N–H and O–H groups in total. The molecule has 0 aliphatic heterocycles. The van der Waals surface area contributed by atoms with Gasteiger partial charge in [-0.3, -0.25) is 14.0 Å². The van der Waals surface area contributed by atoms with E-state index in [1.807, 2.05) is 24.3 Å². The molecule has 0 unspecified atom stereocenters. The summed E-state index contributed by atoms with van der Waals surface area (Å²) in [5, 5.41) is 4.35. The number of likely N-dealkylation sites (N-methyl/N-ethyl adjacent to an activating group) is 1. The molecule has 0 fully saturated rings. The van der Waals surface area contributed by atoms with Crippen LogP contribution in [0.3, 0.4) is 0 Å². The lowest BCUT2D eigenvalue weighted by molar-refractivity contribution is -0.129. The van der Waals surface area contributed by atoms with Crippen molar-refractivity contribution in [2.45, 2.75) is 26.8 Å². The Kier molecular flexibility index (Phi) is 3.27. The van der Waals surface area contributed by atoms with E-state index >= 15 is 0 Å². The van der Waals surface area contributed by atoms with Crippen molar-refractivity contribution in [1.82, 2.24) is 19.1 Å². The maximum absolute atomic E-state index is 12.6. The van der Waals surface area contributed by atoms with E-state index in [0.717, 1.165) is 17.1 Å². The van der Waals surface area contributed by atoms with E-state index in [9.17, 15) is 9.59 Å². The highest BCUT2D eigenvalue weighted by Gasteiger charge is 2.17. The predicted molar refractivity (Wildman–Crippen MR) is 82.0 cm³/mol. The molecule has 0 atom stereocenters. The molecule has 3 aromatic heterocycles. The number of carbonyl (C=O) groups is 1. The van der Waals surface area contributed by atoms with Crippen LogP contribution in [-0.4, -0.2) is 39.1 Å². The number of aromatic nitrogens is 3. The lowest BCUT2D eigenvalue weighted by atomic mass is 10.4. The number of aryl methyl sites for hydroxylation is 2. The zero-order chi connectivity index (χ0) is 16.0. The molecule has 116 valence electrons. The molecule has 7 heteroatoms. The fraction of sp³-hybridized carbons (Fsp3) is 0.400. The summed E-state index contributed by atoms with van der Waals surface area (Å²) in [7, 11) is 3.31. The van der Waals surface area contributed by atoms with Crippen LogP contribution in [0, 0.1) is 6.92 Å². The molecular formula is C15H18N4O3. The first kappa shape index (κ1) is 14.4. The fourth-order valence-corrected chi connectivity index (χ4v) is 2.52. The minimum absolute atomic E-state index is 0.0685. The van der Waals surface area contributed by atoms with Gasteiger partial charge in [0.25, 0.3) is 5.56 Å². The van der Waals surface area contributed by atoms with Gasteiger partial charge >= 0.3 is 0 Å². The summed E-state index contributed by atoms with van der Waals surface area (Å²) >= 11 is 0. The van der Waals surface area contributed by atoms with Crippen LogP contribution in [0.5, 0.6) is 0 Å². The van der Waals surface area contributed by atoms with Crippen molar-refractivity contribution in [3.63, 3.8) is 0 Å². The second-order valence-electron chi connectivity index (χ2n) is 5.49. The maximum Gasteiger partial charge on any atom is 0.291 e. The molecule has 1 amide bonds. The van der Waals surface area contributed by atoms with E-state index < -0.39 is 0 Å². The third kappa shape index (κ3) is 2.09. The van der Waals surface area contributed by atoms with Gasteiger partial charge in [0.15, 0.2) is 5.58 Å². The minimum atomic E-state index is -0.295. The first-order valence-corrected chi connectivity index (χ1v) is 7.14. The quantitative estimate of drug-likeness (QED) is 0.729. The van der Waals surface area contributed by atoms with Gasteiger partial charge in [-0.25, -0.2) is 4.68 Å². The van der Waals surface area contributed by atoms with E-state index in [4.69, 9.17) is 4.42 Å². The van der Waals surface area contributed by atoms with Crippen LogP contribution in [0.4, 0.5) is 0 Å². The summed E-state index contributed by atoms with van der Waals surface area (Å²) in [5.41, 5.74) is 1.67. The number of fused-ring (bicyclic) bond motifs is 3.